The van der Waals surface area contributed by atoms with Crippen molar-refractivity contribution in [3.63, 3.8) is 0 Å². The van der Waals surface area contributed by atoms with Crippen molar-refractivity contribution in [3.05, 3.63) is 23.8 Å². The van der Waals surface area contributed by atoms with Crippen LogP contribution in [0.3, 0.4) is 0 Å². The van der Waals surface area contributed by atoms with Gasteiger partial charge in [-0.1, -0.05) is 6.07 Å². The summed E-state index contributed by atoms with van der Waals surface area (Å²) in [5.41, 5.74) is 1.35. The smallest absolute Gasteiger partial charge is 0.161 e. The van der Waals surface area contributed by atoms with Gasteiger partial charge in [0.2, 0.25) is 0 Å². The molecule has 1 aromatic carbocycles. The minimum Gasteiger partial charge on any atom is -0.493 e. The van der Waals surface area contributed by atoms with E-state index >= 15 is 0 Å². The molecule has 2 aliphatic rings. The Balaban J connectivity index is 1.71. The van der Waals surface area contributed by atoms with Gasteiger partial charge in [0.15, 0.2) is 11.5 Å². The summed E-state index contributed by atoms with van der Waals surface area (Å²) in [5, 5.41) is 3.47. The van der Waals surface area contributed by atoms with Crippen LogP contribution in [0.25, 0.3) is 0 Å². The molecule has 0 saturated carbocycles. The molecular formula is C17H25NO3. The number of hydrogen-bond donors (Lipinski definition) is 1. The van der Waals surface area contributed by atoms with E-state index in [-0.39, 0.29) is 6.10 Å². The number of rotatable bonds is 4. The van der Waals surface area contributed by atoms with Crippen LogP contribution in [0.15, 0.2) is 18.2 Å². The van der Waals surface area contributed by atoms with E-state index in [1.165, 1.54) is 18.4 Å². The number of ether oxygens (including phenoxy) is 3. The van der Waals surface area contributed by atoms with Crippen LogP contribution in [0.4, 0.5) is 0 Å². The molecule has 0 aliphatic carbocycles. The minimum atomic E-state index is 0.245. The molecule has 116 valence electrons. The zero-order valence-electron chi connectivity index (χ0n) is 12.8. The van der Waals surface area contributed by atoms with Crippen LogP contribution in [-0.2, 0) is 4.74 Å². The van der Waals surface area contributed by atoms with Crippen molar-refractivity contribution in [1.82, 2.24) is 5.32 Å². The highest BCUT2D eigenvalue weighted by Crippen LogP contribution is 2.34. The van der Waals surface area contributed by atoms with Gasteiger partial charge in [-0.3, -0.25) is 0 Å². The van der Waals surface area contributed by atoms with Crippen molar-refractivity contribution >= 4 is 0 Å². The Kier molecular flexibility index (Phi) is 4.99. The van der Waals surface area contributed by atoms with Crippen LogP contribution in [0.2, 0.25) is 0 Å². The minimum absolute atomic E-state index is 0.245. The van der Waals surface area contributed by atoms with E-state index in [1.54, 1.807) is 7.11 Å². The van der Waals surface area contributed by atoms with Crippen molar-refractivity contribution < 1.29 is 14.2 Å². The first-order valence-corrected chi connectivity index (χ1v) is 8.00. The van der Waals surface area contributed by atoms with Crippen LogP contribution in [0.5, 0.6) is 11.5 Å². The largest absolute Gasteiger partial charge is 0.493 e. The summed E-state index contributed by atoms with van der Waals surface area (Å²) in [4.78, 5) is 0. The fourth-order valence-electron chi connectivity index (χ4n) is 3.15. The van der Waals surface area contributed by atoms with Crippen molar-refractivity contribution in [2.24, 2.45) is 0 Å². The first-order chi connectivity index (χ1) is 10.4. The number of methoxy groups -OCH3 is 1. The molecule has 0 aromatic heterocycles. The summed E-state index contributed by atoms with van der Waals surface area (Å²) in [6, 6.07) is 6.40. The van der Waals surface area contributed by atoms with Gasteiger partial charge in [-0.15, -0.1) is 0 Å². The number of piperidine rings is 1. The molecule has 0 bridgehead atoms. The standard InChI is InChI=1S/C17H25NO3/c1-19-17-11-13(14-3-2-8-18-12-14)4-5-16(17)21-15-6-9-20-10-7-15/h4-5,11,14-15,18H,2-3,6-10,12H2,1H3. The van der Waals surface area contributed by atoms with Gasteiger partial charge in [-0.05, 0) is 43.0 Å². The van der Waals surface area contributed by atoms with Crippen LogP contribution in [0, 0.1) is 0 Å². The number of hydrogen-bond acceptors (Lipinski definition) is 4. The second-order valence-corrected chi connectivity index (χ2v) is 5.88. The van der Waals surface area contributed by atoms with E-state index in [2.05, 4.69) is 23.5 Å². The first-order valence-electron chi connectivity index (χ1n) is 8.00. The van der Waals surface area contributed by atoms with E-state index in [9.17, 15) is 0 Å². The predicted octanol–water partition coefficient (Wildman–Crippen LogP) is 2.72. The van der Waals surface area contributed by atoms with E-state index in [4.69, 9.17) is 14.2 Å². The van der Waals surface area contributed by atoms with Crippen molar-refractivity contribution in [3.8, 4) is 11.5 Å². The maximum Gasteiger partial charge on any atom is 0.161 e. The number of benzene rings is 1. The van der Waals surface area contributed by atoms with Gasteiger partial charge in [0.05, 0.1) is 20.3 Å². The molecule has 21 heavy (non-hydrogen) atoms. The lowest BCUT2D eigenvalue weighted by molar-refractivity contribution is 0.0245. The van der Waals surface area contributed by atoms with Crippen molar-refractivity contribution in [1.29, 1.82) is 0 Å². The van der Waals surface area contributed by atoms with E-state index in [1.807, 2.05) is 0 Å². The lowest BCUT2D eigenvalue weighted by atomic mass is 9.91. The maximum absolute atomic E-state index is 6.10. The highest BCUT2D eigenvalue weighted by molar-refractivity contribution is 5.44. The van der Waals surface area contributed by atoms with Crippen molar-refractivity contribution in [2.45, 2.75) is 37.7 Å². The molecule has 4 heteroatoms. The van der Waals surface area contributed by atoms with Gasteiger partial charge in [0, 0.05) is 19.4 Å². The molecule has 1 atom stereocenters. The highest BCUT2D eigenvalue weighted by atomic mass is 16.5. The Bertz CT molecular complexity index is 451. The third-order valence-electron chi connectivity index (χ3n) is 4.42. The van der Waals surface area contributed by atoms with Gasteiger partial charge in [-0.2, -0.15) is 0 Å². The first kappa shape index (κ1) is 14.7. The van der Waals surface area contributed by atoms with Crippen LogP contribution in [0.1, 0.15) is 37.2 Å². The molecule has 0 amide bonds. The monoisotopic (exact) mass is 291 g/mol. The Morgan fingerprint density at radius 1 is 1.14 bits per heavy atom. The summed E-state index contributed by atoms with van der Waals surface area (Å²) in [5.74, 6) is 2.30. The molecule has 2 aliphatic heterocycles. The molecule has 4 nitrogen and oxygen atoms in total. The fourth-order valence-corrected chi connectivity index (χ4v) is 3.15. The zero-order chi connectivity index (χ0) is 14.5. The summed E-state index contributed by atoms with van der Waals surface area (Å²) >= 11 is 0. The maximum atomic E-state index is 6.10. The van der Waals surface area contributed by atoms with Gasteiger partial charge in [0.1, 0.15) is 6.10 Å². The molecule has 1 N–H and O–H groups in total. The lowest BCUT2D eigenvalue weighted by Gasteiger charge is -2.26. The Morgan fingerprint density at radius 2 is 2.00 bits per heavy atom. The van der Waals surface area contributed by atoms with Gasteiger partial charge < -0.3 is 19.5 Å². The summed E-state index contributed by atoms with van der Waals surface area (Å²) in [6.45, 7) is 3.78. The quantitative estimate of drug-likeness (QED) is 0.926. The van der Waals surface area contributed by atoms with Gasteiger partial charge >= 0.3 is 0 Å². The topological polar surface area (TPSA) is 39.7 Å². The van der Waals surface area contributed by atoms with Crippen LogP contribution in [-0.4, -0.2) is 39.5 Å². The average molecular weight is 291 g/mol. The normalized spacial score (nSPS) is 23.8. The molecule has 0 radical (unpaired) electrons. The van der Waals surface area contributed by atoms with Crippen molar-refractivity contribution in [2.75, 3.05) is 33.4 Å². The average Bonchev–Trinajstić information content (AvgIpc) is 2.57. The van der Waals surface area contributed by atoms with E-state index in [0.29, 0.717) is 5.92 Å². The van der Waals surface area contributed by atoms with Gasteiger partial charge in [-0.25, -0.2) is 0 Å². The Hall–Kier alpha value is -1.26. The second-order valence-electron chi connectivity index (χ2n) is 5.88. The molecule has 1 aromatic rings. The van der Waals surface area contributed by atoms with Gasteiger partial charge in [0.25, 0.3) is 0 Å². The molecular weight excluding hydrogens is 266 g/mol. The molecule has 2 saturated heterocycles. The molecule has 0 spiro atoms. The predicted molar refractivity (Wildman–Crippen MR) is 82.3 cm³/mol. The van der Waals surface area contributed by atoms with E-state index in [0.717, 1.165) is 50.6 Å². The molecule has 2 heterocycles. The van der Waals surface area contributed by atoms with Crippen LogP contribution >= 0.6 is 0 Å². The summed E-state index contributed by atoms with van der Waals surface area (Å²) < 4.78 is 17.0. The molecule has 3 rings (SSSR count). The summed E-state index contributed by atoms with van der Waals surface area (Å²) in [7, 11) is 1.72. The molecule has 1 unspecified atom stereocenters. The SMILES string of the molecule is COc1cc(C2CCCNC2)ccc1OC1CCOCC1. The Labute approximate surface area is 126 Å². The Morgan fingerprint density at radius 3 is 2.71 bits per heavy atom. The third kappa shape index (κ3) is 3.69. The fraction of sp³-hybridized carbons (Fsp3) is 0.647. The third-order valence-corrected chi connectivity index (χ3v) is 4.42. The second kappa shape index (κ2) is 7.14. The zero-order valence-corrected chi connectivity index (χ0v) is 12.8. The van der Waals surface area contributed by atoms with E-state index < -0.39 is 0 Å². The molecule has 2 fully saturated rings. The van der Waals surface area contributed by atoms with Crippen LogP contribution < -0.4 is 14.8 Å². The highest BCUT2D eigenvalue weighted by Gasteiger charge is 2.20. The number of nitrogens with one attached hydrogen (secondary N) is 1. The lowest BCUT2D eigenvalue weighted by Crippen LogP contribution is -2.28. The summed E-state index contributed by atoms with van der Waals surface area (Å²) in [6.07, 6.45) is 4.65.